The van der Waals surface area contributed by atoms with Crippen LogP contribution in [0.5, 0.6) is 0 Å². The molecule has 0 bridgehead atoms. The predicted octanol–water partition coefficient (Wildman–Crippen LogP) is 6.75. The number of halogens is 2. The van der Waals surface area contributed by atoms with E-state index in [9.17, 15) is 0 Å². The summed E-state index contributed by atoms with van der Waals surface area (Å²) in [6, 6.07) is 8.76. The van der Waals surface area contributed by atoms with E-state index in [1.807, 2.05) is 0 Å². The van der Waals surface area contributed by atoms with Crippen molar-refractivity contribution in [2.45, 2.75) is 58.3 Å². The maximum atomic E-state index is 3.67. The Morgan fingerprint density at radius 2 is 1.58 bits per heavy atom. The quantitative estimate of drug-likeness (QED) is 0.306. The standard InChI is InChI=1S/C17H26Br2/c1-2-3-4-5-6-7-8-16(14-18)13-15-9-11-17(19)12-10-15/h9-12,16H,2-8,13-14H2,1H3. The van der Waals surface area contributed by atoms with Gasteiger partial charge in [0.2, 0.25) is 0 Å². The lowest BCUT2D eigenvalue weighted by Crippen LogP contribution is -2.06. The van der Waals surface area contributed by atoms with E-state index in [1.54, 1.807) is 0 Å². The summed E-state index contributed by atoms with van der Waals surface area (Å²) in [4.78, 5) is 0. The molecule has 1 unspecified atom stereocenters. The minimum Gasteiger partial charge on any atom is -0.0925 e. The van der Waals surface area contributed by atoms with Crippen molar-refractivity contribution in [1.29, 1.82) is 0 Å². The highest BCUT2D eigenvalue weighted by Gasteiger charge is 2.08. The maximum absolute atomic E-state index is 3.67. The molecule has 0 aromatic heterocycles. The molecule has 0 saturated heterocycles. The summed E-state index contributed by atoms with van der Waals surface area (Å²) in [5.74, 6) is 0.785. The second-order valence-corrected chi connectivity index (χ2v) is 6.97. The Labute approximate surface area is 135 Å². The second-order valence-electron chi connectivity index (χ2n) is 5.41. The lowest BCUT2D eigenvalue weighted by atomic mass is 9.95. The third-order valence-electron chi connectivity index (χ3n) is 3.62. The summed E-state index contributed by atoms with van der Waals surface area (Å²) in [6.45, 7) is 2.28. The van der Waals surface area contributed by atoms with Crippen LogP contribution in [0.25, 0.3) is 0 Å². The van der Waals surface area contributed by atoms with Crippen molar-refractivity contribution in [3.63, 3.8) is 0 Å². The first-order valence-electron chi connectivity index (χ1n) is 7.56. The van der Waals surface area contributed by atoms with Crippen molar-refractivity contribution < 1.29 is 0 Å². The van der Waals surface area contributed by atoms with Gasteiger partial charge in [-0.25, -0.2) is 0 Å². The number of alkyl halides is 1. The van der Waals surface area contributed by atoms with Crippen molar-refractivity contribution >= 4 is 31.9 Å². The SMILES string of the molecule is CCCCCCCCC(CBr)Cc1ccc(Br)cc1. The molecule has 0 aliphatic carbocycles. The van der Waals surface area contributed by atoms with Gasteiger partial charge in [0.15, 0.2) is 0 Å². The minimum absolute atomic E-state index is 0.785. The zero-order chi connectivity index (χ0) is 13.9. The van der Waals surface area contributed by atoms with Crippen LogP contribution < -0.4 is 0 Å². The topological polar surface area (TPSA) is 0 Å². The first kappa shape index (κ1) is 17.2. The zero-order valence-corrected chi connectivity index (χ0v) is 15.2. The van der Waals surface area contributed by atoms with Gasteiger partial charge in [-0.1, -0.05) is 89.4 Å². The molecule has 0 N–H and O–H groups in total. The lowest BCUT2D eigenvalue weighted by Gasteiger charge is -2.14. The van der Waals surface area contributed by atoms with Gasteiger partial charge in [-0.2, -0.15) is 0 Å². The minimum atomic E-state index is 0.785. The van der Waals surface area contributed by atoms with Crippen LogP contribution in [0.15, 0.2) is 28.7 Å². The van der Waals surface area contributed by atoms with Gasteiger partial charge in [0, 0.05) is 9.80 Å². The van der Waals surface area contributed by atoms with Crippen LogP contribution in [0.3, 0.4) is 0 Å². The van der Waals surface area contributed by atoms with Crippen LogP contribution in [-0.2, 0) is 6.42 Å². The molecule has 0 amide bonds. The van der Waals surface area contributed by atoms with E-state index in [0.29, 0.717) is 0 Å². The smallest absolute Gasteiger partial charge is 0.0175 e. The summed E-state index contributed by atoms with van der Waals surface area (Å²) in [5, 5.41) is 1.12. The van der Waals surface area contributed by atoms with Crippen LogP contribution in [-0.4, -0.2) is 5.33 Å². The Morgan fingerprint density at radius 3 is 2.21 bits per heavy atom. The molecule has 108 valence electrons. The molecular weight excluding hydrogens is 364 g/mol. The third-order valence-corrected chi connectivity index (χ3v) is 5.07. The highest BCUT2D eigenvalue weighted by Crippen LogP contribution is 2.20. The van der Waals surface area contributed by atoms with E-state index >= 15 is 0 Å². The molecule has 0 spiro atoms. The maximum Gasteiger partial charge on any atom is 0.0175 e. The van der Waals surface area contributed by atoms with E-state index in [0.717, 1.165) is 11.2 Å². The van der Waals surface area contributed by atoms with Crippen LogP contribution in [0.1, 0.15) is 57.4 Å². The summed E-state index contributed by atoms with van der Waals surface area (Å²) < 4.78 is 1.17. The third kappa shape index (κ3) is 8.14. The number of hydrogen-bond donors (Lipinski definition) is 0. The van der Waals surface area contributed by atoms with Gasteiger partial charge >= 0.3 is 0 Å². The molecule has 0 fully saturated rings. The van der Waals surface area contributed by atoms with Crippen LogP contribution in [0.2, 0.25) is 0 Å². The van der Waals surface area contributed by atoms with E-state index in [4.69, 9.17) is 0 Å². The fraction of sp³-hybridized carbons (Fsp3) is 0.647. The average Bonchev–Trinajstić information content (AvgIpc) is 2.43. The first-order chi connectivity index (χ1) is 9.26. The molecule has 2 heteroatoms. The van der Waals surface area contributed by atoms with Crippen LogP contribution >= 0.6 is 31.9 Å². The van der Waals surface area contributed by atoms with E-state index < -0.39 is 0 Å². The van der Waals surface area contributed by atoms with E-state index in [2.05, 4.69) is 63.0 Å². The largest absolute Gasteiger partial charge is 0.0925 e. The Kier molecular flexibility index (Phi) is 9.89. The van der Waals surface area contributed by atoms with Crippen molar-refractivity contribution in [2.75, 3.05) is 5.33 Å². The number of unbranched alkanes of at least 4 members (excludes halogenated alkanes) is 5. The van der Waals surface area contributed by atoms with E-state index in [-0.39, 0.29) is 0 Å². The Morgan fingerprint density at radius 1 is 0.947 bits per heavy atom. The molecule has 19 heavy (non-hydrogen) atoms. The average molecular weight is 390 g/mol. The number of hydrogen-bond acceptors (Lipinski definition) is 0. The number of rotatable bonds is 10. The Bertz CT molecular complexity index is 319. The van der Waals surface area contributed by atoms with Crippen molar-refractivity contribution in [3.8, 4) is 0 Å². The highest BCUT2D eigenvalue weighted by atomic mass is 79.9. The Balaban J connectivity index is 2.20. The molecule has 0 aliphatic heterocycles. The van der Waals surface area contributed by atoms with Gasteiger partial charge in [0.05, 0.1) is 0 Å². The molecule has 1 aromatic rings. The van der Waals surface area contributed by atoms with Gasteiger partial charge in [0.25, 0.3) is 0 Å². The normalized spacial score (nSPS) is 12.6. The van der Waals surface area contributed by atoms with Gasteiger partial charge < -0.3 is 0 Å². The van der Waals surface area contributed by atoms with Gasteiger partial charge in [-0.15, -0.1) is 0 Å². The fourth-order valence-corrected chi connectivity index (χ4v) is 3.22. The van der Waals surface area contributed by atoms with E-state index in [1.165, 1.54) is 61.4 Å². The molecule has 0 saturated carbocycles. The molecule has 0 nitrogen and oxygen atoms in total. The van der Waals surface area contributed by atoms with Crippen LogP contribution in [0, 0.1) is 5.92 Å². The van der Waals surface area contributed by atoms with Gasteiger partial charge in [-0.3, -0.25) is 0 Å². The molecule has 0 aliphatic rings. The molecule has 1 rings (SSSR count). The molecule has 1 atom stereocenters. The zero-order valence-electron chi connectivity index (χ0n) is 12.0. The van der Waals surface area contributed by atoms with Crippen molar-refractivity contribution in [2.24, 2.45) is 5.92 Å². The van der Waals surface area contributed by atoms with Crippen LogP contribution in [0.4, 0.5) is 0 Å². The van der Waals surface area contributed by atoms with Gasteiger partial charge in [-0.05, 0) is 36.5 Å². The molecular formula is C17H26Br2. The molecule has 1 aromatic carbocycles. The lowest BCUT2D eigenvalue weighted by molar-refractivity contribution is 0.489. The monoisotopic (exact) mass is 388 g/mol. The van der Waals surface area contributed by atoms with Crippen molar-refractivity contribution in [3.05, 3.63) is 34.3 Å². The predicted molar refractivity (Wildman–Crippen MR) is 93.1 cm³/mol. The highest BCUT2D eigenvalue weighted by molar-refractivity contribution is 9.10. The summed E-state index contributed by atoms with van der Waals surface area (Å²) in [7, 11) is 0. The molecule has 0 heterocycles. The summed E-state index contributed by atoms with van der Waals surface area (Å²) in [6.07, 6.45) is 10.9. The van der Waals surface area contributed by atoms with Gasteiger partial charge in [0.1, 0.15) is 0 Å². The first-order valence-corrected chi connectivity index (χ1v) is 9.48. The fourth-order valence-electron chi connectivity index (χ4n) is 2.40. The summed E-state index contributed by atoms with van der Waals surface area (Å²) in [5.41, 5.74) is 1.46. The number of benzene rings is 1. The summed E-state index contributed by atoms with van der Waals surface area (Å²) >= 11 is 7.16. The second kappa shape index (κ2) is 10.9. The Hall–Kier alpha value is 0.180. The van der Waals surface area contributed by atoms with Crippen molar-refractivity contribution in [1.82, 2.24) is 0 Å². The molecule has 0 radical (unpaired) electrons.